The van der Waals surface area contributed by atoms with Crippen LogP contribution in [0, 0.1) is 0 Å². The number of ether oxygens (including phenoxy) is 1. The van der Waals surface area contributed by atoms with Crippen LogP contribution in [0.1, 0.15) is 23.3 Å². The first-order valence-corrected chi connectivity index (χ1v) is 7.28. The zero-order chi connectivity index (χ0) is 15.5. The first-order valence-electron chi connectivity index (χ1n) is 6.90. The molecule has 0 unspecified atom stereocenters. The van der Waals surface area contributed by atoms with E-state index in [-0.39, 0.29) is 11.6 Å². The summed E-state index contributed by atoms with van der Waals surface area (Å²) in [7, 11) is 1.53. The summed E-state index contributed by atoms with van der Waals surface area (Å²) in [6.07, 6.45) is 3.78. The molecule has 1 fully saturated rings. The molecule has 1 aromatic carbocycles. The highest BCUT2D eigenvalue weighted by atomic mass is 35.5. The number of halogens is 1. The van der Waals surface area contributed by atoms with Gasteiger partial charge in [0.15, 0.2) is 0 Å². The molecule has 0 atom stereocenters. The smallest absolute Gasteiger partial charge is 0.274 e. The number of anilines is 2. The Labute approximate surface area is 132 Å². The predicted molar refractivity (Wildman–Crippen MR) is 84.6 cm³/mol. The Morgan fingerprint density at radius 3 is 2.91 bits per heavy atom. The predicted octanol–water partition coefficient (Wildman–Crippen LogP) is 2.97. The van der Waals surface area contributed by atoms with E-state index in [0.29, 0.717) is 28.4 Å². The summed E-state index contributed by atoms with van der Waals surface area (Å²) in [4.78, 5) is 20.6. The van der Waals surface area contributed by atoms with E-state index in [0.717, 1.165) is 12.8 Å². The molecular weight excluding hydrogens is 304 g/mol. The lowest BCUT2D eigenvalue weighted by atomic mass is 10.2. The zero-order valence-electron chi connectivity index (χ0n) is 12.0. The fourth-order valence-electron chi connectivity index (χ4n) is 1.93. The molecule has 1 aromatic heterocycles. The largest absolute Gasteiger partial charge is 0.495 e. The van der Waals surface area contributed by atoms with Gasteiger partial charge < -0.3 is 15.4 Å². The van der Waals surface area contributed by atoms with E-state index in [1.54, 1.807) is 30.5 Å². The van der Waals surface area contributed by atoms with Crippen molar-refractivity contribution in [2.24, 2.45) is 0 Å². The van der Waals surface area contributed by atoms with Crippen molar-refractivity contribution in [3.05, 3.63) is 41.2 Å². The average Bonchev–Trinajstić information content (AvgIpc) is 3.32. The third-order valence-electron chi connectivity index (χ3n) is 3.21. The number of carbonyl (C=O) groups excluding carboxylic acids is 1. The Hall–Kier alpha value is -2.34. The Morgan fingerprint density at radius 2 is 2.18 bits per heavy atom. The lowest BCUT2D eigenvalue weighted by molar-refractivity contribution is 0.102. The Balaban J connectivity index is 1.77. The van der Waals surface area contributed by atoms with Crippen LogP contribution in [-0.4, -0.2) is 29.0 Å². The van der Waals surface area contributed by atoms with E-state index >= 15 is 0 Å². The molecule has 1 aliphatic rings. The maximum absolute atomic E-state index is 12.3. The van der Waals surface area contributed by atoms with Crippen LogP contribution in [0.3, 0.4) is 0 Å². The average molecular weight is 319 g/mol. The number of hydrogen-bond donors (Lipinski definition) is 2. The molecule has 2 N–H and O–H groups in total. The summed E-state index contributed by atoms with van der Waals surface area (Å²) in [5, 5.41) is 6.42. The second-order valence-corrected chi connectivity index (χ2v) is 5.42. The summed E-state index contributed by atoms with van der Waals surface area (Å²) in [6.45, 7) is 0. The highest BCUT2D eigenvalue weighted by Gasteiger charge is 2.22. The number of rotatable bonds is 5. The Kier molecular flexibility index (Phi) is 4.11. The van der Waals surface area contributed by atoms with Crippen LogP contribution < -0.4 is 15.4 Å². The van der Waals surface area contributed by atoms with Crippen molar-refractivity contribution in [1.29, 1.82) is 0 Å². The quantitative estimate of drug-likeness (QED) is 0.886. The van der Waals surface area contributed by atoms with Crippen LogP contribution >= 0.6 is 11.6 Å². The minimum absolute atomic E-state index is 0.278. The molecular formula is C15H15ClN4O2. The SMILES string of the molecule is COc1ccc(Cl)cc1NC(=O)c1ccnc(NC2CC2)n1. The Morgan fingerprint density at radius 1 is 1.36 bits per heavy atom. The molecule has 1 aliphatic carbocycles. The molecule has 0 saturated heterocycles. The number of amides is 1. The van der Waals surface area contributed by atoms with Crippen molar-refractivity contribution in [3.63, 3.8) is 0 Å². The van der Waals surface area contributed by atoms with Gasteiger partial charge in [0.05, 0.1) is 12.8 Å². The second-order valence-electron chi connectivity index (χ2n) is 4.98. The second kappa shape index (κ2) is 6.19. The zero-order valence-corrected chi connectivity index (χ0v) is 12.7. The van der Waals surface area contributed by atoms with Crippen molar-refractivity contribution in [2.45, 2.75) is 18.9 Å². The molecule has 2 aromatic rings. The maximum Gasteiger partial charge on any atom is 0.274 e. The standard InChI is InChI=1S/C15H15ClN4O2/c1-22-13-5-2-9(16)8-12(13)19-14(21)11-6-7-17-15(20-11)18-10-3-4-10/h2,5-8,10H,3-4H2,1H3,(H,19,21)(H,17,18,20). The van der Waals surface area contributed by atoms with Gasteiger partial charge in [-0.2, -0.15) is 0 Å². The normalized spacial score (nSPS) is 13.5. The van der Waals surface area contributed by atoms with E-state index in [2.05, 4.69) is 20.6 Å². The van der Waals surface area contributed by atoms with Crippen molar-refractivity contribution in [2.75, 3.05) is 17.7 Å². The van der Waals surface area contributed by atoms with Crippen LogP contribution in [0.15, 0.2) is 30.5 Å². The van der Waals surface area contributed by atoms with Gasteiger partial charge in [-0.25, -0.2) is 9.97 Å². The fourth-order valence-corrected chi connectivity index (χ4v) is 2.10. The lowest BCUT2D eigenvalue weighted by Gasteiger charge is -2.10. The van der Waals surface area contributed by atoms with Gasteiger partial charge in [-0.1, -0.05) is 11.6 Å². The van der Waals surface area contributed by atoms with Gasteiger partial charge in [0.25, 0.3) is 5.91 Å². The molecule has 6 nitrogen and oxygen atoms in total. The lowest BCUT2D eigenvalue weighted by Crippen LogP contribution is -2.16. The summed E-state index contributed by atoms with van der Waals surface area (Å²) in [5.74, 6) is 0.651. The maximum atomic E-state index is 12.3. The minimum Gasteiger partial charge on any atom is -0.495 e. The molecule has 0 aliphatic heterocycles. The van der Waals surface area contributed by atoms with Gasteiger partial charge in [0.2, 0.25) is 5.95 Å². The molecule has 114 valence electrons. The minimum atomic E-state index is -0.346. The molecule has 1 saturated carbocycles. The van der Waals surface area contributed by atoms with Crippen molar-refractivity contribution >= 4 is 29.1 Å². The van der Waals surface area contributed by atoms with Gasteiger partial charge in [0.1, 0.15) is 11.4 Å². The molecule has 0 spiro atoms. The Bertz CT molecular complexity index is 704. The molecule has 1 amide bonds. The van der Waals surface area contributed by atoms with Crippen LogP contribution in [0.4, 0.5) is 11.6 Å². The van der Waals surface area contributed by atoms with E-state index < -0.39 is 0 Å². The molecule has 3 rings (SSSR count). The summed E-state index contributed by atoms with van der Waals surface area (Å²) < 4.78 is 5.20. The molecule has 7 heteroatoms. The van der Waals surface area contributed by atoms with Crippen LogP contribution in [-0.2, 0) is 0 Å². The first-order chi connectivity index (χ1) is 10.7. The molecule has 0 bridgehead atoms. The summed E-state index contributed by atoms with van der Waals surface area (Å²) in [6, 6.07) is 7.00. The van der Waals surface area contributed by atoms with E-state index in [4.69, 9.17) is 16.3 Å². The van der Waals surface area contributed by atoms with E-state index in [1.807, 2.05) is 0 Å². The molecule has 22 heavy (non-hydrogen) atoms. The fraction of sp³-hybridized carbons (Fsp3) is 0.267. The number of nitrogens with zero attached hydrogens (tertiary/aromatic N) is 2. The van der Waals surface area contributed by atoms with Gasteiger partial charge in [-0.05, 0) is 37.1 Å². The molecule has 1 heterocycles. The van der Waals surface area contributed by atoms with Crippen molar-refractivity contribution < 1.29 is 9.53 Å². The highest BCUT2D eigenvalue weighted by molar-refractivity contribution is 6.31. The summed E-state index contributed by atoms with van der Waals surface area (Å²) in [5.41, 5.74) is 0.774. The van der Waals surface area contributed by atoms with Crippen LogP contribution in [0.2, 0.25) is 5.02 Å². The number of nitrogens with one attached hydrogen (secondary N) is 2. The van der Waals surface area contributed by atoms with Gasteiger partial charge >= 0.3 is 0 Å². The number of hydrogen-bond acceptors (Lipinski definition) is 5. The summed E-state index contributed by atoms with van der Waals surface area (Å²) >= 11 is 5.95. The number of carbonyl (C=O) groups is 1. The highest BCUT2D eigenvalue weighted by Crippen LogP contribution is 2.28. The van der Waals surface area contributed by atoms with Crippen LogP contribution in [0.25, 0.3) is 0 Å². The number of methoxy groups -OCH3 is 1. The molecule has 0 radical (unpaired) electrons. The topological polar surface area (TPSA) is 76.1 Å². The monoisotopic (exact) mass is 318 g/mol. The van der Waals surface area contributed by atoms with Crippen LogP contribution in [0.5, 0.6) is 5.75 Å². The third kappa shape index (κ3) is 3.46. The van der Waals surface area contributed by atoms with Gasteiger partial charge in [0, 0.05) is 17.3 Å². The van der Waals surface area contributed by atoms with Gasteiger partial charge in [-0.15, -0.1) is 0 Å². The third-order valence-corrected chi connectivity index (χ3v) is 3.44. The van der Waals surface area contributed by atoms with Crippen molar-refractivity contribution in [3.8, 4) is 5.75 Å². The van der Waals surface area contributed by atoms with E-state index in [9.17, 15) is 4.79 Å². The first kappa shape index (κ1) is 14.6. The number of benzene rings is 1. The van der Waals surface area contributed by atoms with Crippen molar-refractivity contribution in [1.82, 2.24) is 9.97 Å². The number of aromatic nitrogens is 2. The van der Waals surface area contributed by atoms with E-state index in [1.165, 1.54) is 7.11 Å². The van der Waals surface area contributed by atoms with Gasteiger partial charge in [-0.3, -0.25) is 4.79 Å².